The van der Waals surface area contributed by atoms with Crippen LogP contribution in [0.4, 0.5) is 4.39 Å². The predicted molar refractivity (Wildman–Crippen MR) is 73.8 cm³/mol. The van der Waals surface area contributed by atoms with E-state index in [1.54, 1.807) is 6.92 Å². The van der Waals surface area contributed by atoms with Crippen LogP contribution in [0.2, 0.25) is 0 Å². The lowest BCUT2D eigenvalue weighted by Crippen LogP contribution is -2.40. The van der Waals surface area contributed by atoms with Gasteiger partial charge in [-0.05, 0) is 31.0 Å². The molecule has 0 saturated carbocycles. The first kappa shape index (κ1) is 16.1. The van der Waals surface area contributed by atoms with E-state index in [9.17, 15) is 12.8 Å². The SMILES string of the molecule is CCCCC(CN)NS(=O)(=O)c1cc(F)ccc1C. The molecule has 1 rings (SSSR count). The third kappa shape index (κ3) is 4.56. The van der Waals surface area contributed by atoms with Gasteiger partial charge in [0.05, 0.1) is 4.90 Å². The van der Waals surface area contributed by atoms with Crippen LogP contribution in [0, 0.1) is 12.7 Å². The Morgan fingerprint density at radius 3 is 2.68 bits per heavy atom. The maximum Gasteiger partial charge on any atom is 0.241 e. The van der Waals surface area contributed by atoms with Gasteiger partial charge in [-0.25, -0.2) is 17.5 Å². The standard InChI is InChI=1S/C13H21FN2O2S/c1-3-4-5-12(9-15)16-19(17,18)13-8-11(14)7-6-10(13)2/h6-8,12,16H,3-5,9,15H2,1-2H3. The number of sulfonamides is 1. The van der Waals surface area contributed by atoms with E-state index in [-0.39, 0.29) is 17.5 Å². The third-order valence-electron chi connectivity index (χ3n) is 2.95. The van der Waals surface area contributed by atoms with Crippen molar-refractivity contribution in [2.75, 3.05) is 6.54 Å². The molecule has 0 aliphatic carbocycles. The fourth-order valence-corrected chi connectivity index (χ4v) is 3.36. The molecule has 108 valence electrons. The Labute approximate surface area is 114 Å². The van der Waals surface area contributed by atoms with Crippen molar-refractivity contribution in [3.8, 4) is 0 Å². The minimum absolute atomic E-state index is 0.0255. The molecule has 0 aromatic heterocycles. The van der Waals surface area contributed by atoms with Crippen LogP contribution in [-0.2, 0) is 10.0 Å². The van der Waals surface area contributed by atoms with Crippen LogP contribution in [0.3, 0.4) is 0 Å². The van der Waals surface area contributed by atoms with Crippen molar-refractivity contribution in [3.63, 3.8) is 0 Å². The molecule has 1 unspecified atom stereocenters. The van der Waals surface area contributed by atoms with E-state index in [0.29, 0.717) is 12.0 Å². The number of aryl methyl sites for hydroxylation is 1. The van der Waals surface area contributed by atoms with Gasteiger partial charge in [0.1, 0.15) is 5.82 Å². The highest BCUT2D eigenvalue weighted by Gasteiger charge is 2.21. The topological polar surface area (TPSA) is 72.2 Å². The Kier molecular flexibility index (Phi) is 5.90. The van der Waals surface area contributed by atoms with Gasteiger partial charge in [0.15, 0.2) is 0 Å². The lowest BCUT2D eigenvalue weighted by Gasteiger charge is -2.17. The molecule has 0 aliphatic heterocycles. The Bertz CT molecular complexity index is 517. The Hall–Kier alpha value is -0.980. The van der Waals surface area contributed by atoms with Crippen LogP contribution >= 0.6 is 0 Å². The second-order valence-electron chi connectivity index (χ2n) is 4.61. The Morgan fingerprint density at radius 1 is 1.42 bits per heavy atom. The second kappa shape index (κ2) is 6.98. The number of rotatable bonds is 7. The fraction of sp³-hybridized carbons (Fsp3) is 0.538. The Balaban J connectivity index is 2.93. The zero-order valence-corrected chi connectivity index (χ0v) is 12.1. The molecule has 1 aromatic carbocycles. The average Bonchev–Trinajstić information content (AvgIpc) is 2.37. The quantitative estimate of drug-likeness (QED) is 0.805. The highest BCUT2D eigenvalue weighted by molar-refractivity contribution is 7.89. The molecule has 0 bridgehead atoms. The van der Waals surface area contributed by atoms with Crippen molar-refractivity contribution in [2.24, 2.45) is 5.73 Å². The van der Waals surface area contributed by atoms with Gasteiger partial charge in [0.25, 0.3) is 0 Å². The number of halogens is 1. The molecule has 4 nitrogen and oxygen atoms in total. The molecule has 0 heterocycles. The van der Waals surface area contributed by atoms with Crippen LogP contribution in [-0.4, -0.2) is 21.0 Å². The van der Waals surface area contributed by atoms with Crippen molar-refractivity contribution in [2.45, 2.75) is 44.0 Å². The van der Waals surface area contributed by atoms with Gasteiger partial charge in [-0.15, -0.1) is 0 Å². The highest BCUT2D eigenvalue weighted by Crippen LogP contribution is 2.17. The molecule has 0 radical (unpaired) electrons. The summed E-state index contributed by atoms with van der Waals surface area (Å²) in [4.78, 5) is -0.0255. The number of hydrogen-bond acceptors (Lipinski definition) is 3. The van der Waals surface area contributed by atoms with E-state index in [0.717, 1.165) is 18.9 Å². The zero-order valence-electron chi connectivity index (χ0n) is 11.3. The van der Waals surface area contributed by atoms with Crippen molar-refractivity contribution in [1.29, 1.82) is 0 Å². The molecule has 3 N–H and O–H groups in total. The number of benzene rings is 1. The van der Waals surface area contributed by atoms with E-state index >= 15 is 0 Å². The number of nitrogens with one attached hydrogen (secondary N) is 1. The predicted octanol–water partition coefficient (Wildman–Crippen LogP) is 1.93. The van der Waals surface area contributed by atoms with Gasteiger partial charge < -0.3 is 5.73 Å². The summed E-state index contributed by atoms with van der Waals surface area (Å²) in [5.41, 5.74) is 6.08. The molecular formula is C13H21FN2O2S. The molecule has 6 heteroatoms. The van der Waals surface area contributed by atoms with Crippen molar-refractivity contribution in [1.82, 2.24) is 4.72 Å². The summed E-state index contributed by atoms with van der Waals surface area (Å²) in [6.45, 7) is 3.89. The first-order chi connectivity index (χ1) is 8.90. The molecule has 1 aromatic rings. The minimum atomic E-state index is -3.73. The smallest absolute Gasteiger partial charge is 0.241 e. The summed E-state index contributed by atoms with van der Waals surface area (Å²) < 4.78 is 40.1. The van der Waals surface area contributed by atoms with E-state index in [1.165, 1.54) is 12.1 Å². The van der Waals surface area contributed by atoms with Gasteiger partial charge >= 0.3 is 0 Å². The molecule has 0 spiro atoms. The molecule has 0 amide bonds. The molecule has 0 aliphatic rings. The van der Waals surface area contributed by atoms with Crippen LogP contribution in [0.5, 0.6) is 0 Å². The van der Waals surface area contributed by atoms with E-state index in [2.05, 4.69) is 4.72 Å². The van der Waals surface area contributed by atoms with E-state index < -0.39 is 15.8 Å². The number of nitrogens with two attached hydrogens (primary N) is 1. The van der Waals surface area contributed by atoms with Crippen LogP contribution in [0.1, 0.15) is 31.7 Å². The van der Waals surface area contributed by atoms with Crippen molar-refractivity contribution in [3.05, 3.63) is 29.6 Å². The zero-order chi connectivity index (χ0) is 14.5. The maximum absolute atomic E-state index is 13.2. The lowest BCUT2D eigenvalue weighted by atomic mass is 10.1. The van der Waals surface area contributed by atoms with Gasteiger partial charge in [-0.2, -0.15) is 0 Å². The summed E-state index contributed by atoms with van der Waals surface area (Å²) in [7, 11) is -3.73. The van der Waals surface area contributed by atoms with Crippen LogP contribution in [0.25, 0.3) is 0 Å². The first-order valence-electron chi connectivity index (χ1n) is 6.39. The molecular weight excluding hydrogens is 267 g/mol. The first-order valence-corrected chi connectivity index (χ1v) is 7.87. The van der Waals surface area contributed by atoms with Gasteiger partial charge in [-0.1, -0.05) is 25.8 Å². The van der Waals surface area contributed by atoms with Crippen molar-refractivity contribution >= 4 is 10.0 Å². The second-order valence-corrected chi connectivity index (χ2v) is 6.29. The highest BCUT2D eigenvalue weighted by atomic mass is 32.2. The van der Waals surface area contributed by atoms with Crippen molar-refractivity contribution < 1.29 is 12.8 Å². The monoisotopic (exact) mass is 288 g/mol. The number of hydrogen-bond donors (Lipinski definition) is 2. The van der Waals surface area contributed by atoms with E-state index in [1.807, 2.05) is 6.92 Å². The van der Waals surface area contributed by atoms with E-state index in [4.69, 9.17) is 5.73 Å². The summed E-state index contributed by atoms with van der Waals surface area (Å²) in [5.74, 6) is -0.566. The fourth-order valence-electron chi connectivity index (χ4n) is 1.82. The third-order valence-corrected chi connectivity index (χ3v) is 4.61. The largest absolute Gasteiger partial charge is 0.329 e. The summed E-state index contributed by atoms with van der Waals surface area (Å²) >= 11 is 0. The van der Waals surface area contributed by atoms with Gasteiger partial charge in [0, 0.05) is 12.6 Å². The lowest BCUT2D eigenvalue weighted by molar-refractivity contribution is 0.515. The molecule has 0 saturated heterocycles. The molecule has 19 heavy (non-hydrogen) atoms. The molecule has 1 atom stereocenters. The maximum atomic E-state index is 13.2. The van der Waals surface area contributed by atoms with Crippen LogP contribution in [0.15, 0.2) is 23.1 Å². The van der Waals surface area contributed by atoms with Gasteiger partial charge in [-0.3, -0.25) is 0 Å². The Morgan fingerprint density at radius 2 is 2.11 bits per heavy atom. The van der Waals surface area contributed by atoms with Gasteiger partial charge in [0.2, 0.25) is 10.0 Å². The molecule has 0 fully saturated rings. The summed E-state index contributed by atoms with van der Waals surface area (Å²) in [5, 5.41) is 0. The number of unbranched alkanes of at least 4 members (excludes halogenated alkanes) is 1. The summed E-state index contributed by atoms with van der Waals surface area (Å²) in [6.07, 6.45) is 2.55. The van der Waals surface area contributed by atoms with Crippen LogP contribution < -0.4 is 10.5 Å². The summed E-state index contributed by atoms with van der Waals surface area (Å²) in [6, 6.07) is 3.41. The normalized spacial score (nSPS) is 13.5. The average molecular weight is 288 g/mol. The minimum Gasteiger partial charge on any atom is -0.329 e.